The Kier molecular flexibility index (Phi) is 37.3. The van der Waals surface area contributed by atoms with Gasteiger partial charge in [-0.1, -0.05) is 157 Å². The summed E-state index contributed by atoms with van der Waals surface area (Å²) in [6.45, 7) is 4.50. The van der Waals surface area contributed by atoms with Crippen molar-refractivity contribution >= 4 is 17.9 Å². The number of hydrogen-bond acceptors (Lipinski definition) is 6. The van der Waals surface area contributed by atoms with Crippen LogP contribution in [0.4, 0.5) is 0 Å². The van der Waals surface area contributed by atoms with E-state index in [4.69, 9.17) is 14.2 Å². The van der Waals surface area contributed by atoms with Crippen LogP contribution in [0.3, 0.4) is 0 Å². The second-order valence-corrected chi connectivity index (χ2v) is 15.9. The van der Waals surface area contributed by atoms with E-state index in [2.05, 4.69) is 74.6 Å². The summed E-state index contributed by atoms with van der Waals surface area (Å²) in [5, 5.41) is 9.61. The molecule has 0 aliphatic carbocycles. The first-order valence-corrected chi connectivity index (χ1v) is 22.5. The van der Waals surface area contributed by atoms with Gasteiger partial charge in [0.1, 0.15) is 6.61 Å². The number of carboxylic acid groups (broad SMARTS) is 1. The van der Waals surface area contributed by atoms with Gasteiger partial charge in [0, 0.05) is 12.8 Å². The number of allylic oxidation sites excluding steroid dienone is 11. The lowest BCUT2D eigenvalue weighted by Crippen LogP contribution is -2.50. The van der Waals surface area contributed by atoms with Crippen molar-refractivity contribution < 1.29 is 38.2 Å². The number of carbonyl (C=O) groups excluding carboxylic acids is 2. The van der Waals surface area contributed by atoms with Crippen LogP contribution in [-0.4, -0.2) is 80.6 Å². The summed E-state index contributed by atoms with van der Waals surface area (Å²) < 4.78 is 17.1. The molecule has 1 N–H and O–H groups in total. The van der Waals surface area contributed by atoms with Gasteiger partial charge in [-0.3, -0.25) is 9.59 Å². The molecule has 0 bridgehead atoms. The Bertz CT molecular complexity index is 1160. The molecule has 0 saturated carbocycles. The smallest absolute Gasteiger partial charge is 0.362 e. The van der Waals surface area contributed by atoms with Gasteiger partial charge in [0.05, 0.1) is 40.8 Å². The van der Waals surface area contributed by atoms with Gasteiger partial charge in [-0.15, -0.1) is 0 Å². The lowest BCUT2D eigenvalue weighted by Gasteiger charge is -2.31. The average molecular weight is 799 g/mol. The normalized spacial score (nSPS) is 13.6. The van der Waals surface area contributed by atoms with Crippen molar-refractivity contribution in [2.75, 3.05) is 41.0 Å². The fourth-order valence-corrected chi connectivity index (χ4v) is 6.16. The number of quaternary nitrogens is 1. The molecule has 0 spiro atoms. The lowest BCUT2D eigenvalue weighted by atomic mass is 10.1. The van der Waals surface area contributed by atoms with Crippen LogP contribution in [0.15, 0.2) is 72.9 Å². The maximum Gasteiger partial charge on any atom is 0.362 e. The van der Waals surface area contributed by atoms with Crippen molar-refractivity contribution in [3.05, 3.63) is 72.9 Å². The predicted molar refractivity (Wildman–Crippen MR) is 238 cm³/mol. The summed E-state index contributed by atoms with van der Waals surface area (Å²) >= 11 is 0. The van der Waals surface area contributed by atoms with Crippen LogP contribution >= 0.6 is 0 Å². The Morgan fingerprint density at radius 2 is 1.04 bits per heavy atom. The lowest BCUT2D eigenvalue weighted by molar-refractivity contribution is -0.887. The molecule has 0 amide bonds. The number of rotatable bonds is 39. The van der Waals surface area contributed by atoms with E-state index in [0.717, 1.165) is 44.9 Å². The zero-order valence-electron chi connectivity index (χ0n) is 37.0. The van der Waals surface area contributed by atoms with Crippen LogP contribution in [0.25, 0.3) is 0 Å². The molecule has 8 heteroatoms. The van der Waals surface area contributed by atoms with Crippen LogP contribution in [0.5, 0.6) is 0 Å². The molecular weight excluding hydrogens is 715 g/mol. The summed E-state index contributed by atoms with van der Waals surface area (Å²) in [5.41, 5.74) is 0. The molecule has 0 aromatic carbocycles. The largest absolute Gasteiger partial charge is 0.477 e. The number of esters is 2. The first kappa shape index (κ1) is 53.8. The number of ether oxygens (including phenoxy) is 3. The van der Waals surface area contributed by atoms with E-state index < -0.39 is 24.1 Å². The zero-order valence-corrected chi connectivity index (χ0v) is 37.0. The van der Waals surface area contributed by atoms with E-state index in [9.17, 15) is 19.5 Å². The Balaban J connectivity index is 4.45. The van der Waals surface area contributed by atoms with E-state index in [1.807, 2.05) is 27.2 Å². The highest BCUT2D eigenvalue weighted by Gasteiger charge is 2.31. The molecule has 0 aromatic heterocycles. The van der Waals surface area contributed by atoms with Crippen molar-refractivity contribution in [1.29, 1.82) is 0 Å². The van der Waals surface area contributed by atoms with Crippen molar-refractivity contribution in [2.24, 2.45) is 0 Å². The molecule has 0 radical (unpaired) electrons. The molecule has 2 atom stereocenters. The van der Waals surface area contributed by atoms with Crippen molar-refractivity contribution in [3.8, 4) is 0 Å². The van der Waals surface area contributed by atoms with E-state index in [-0.39, 0.29) is 36.7 Å². The summed E-state index contributed by atoms with van der Waals surface area (Å²) in [4.78, 5) is 36.9. The molecule has 0 saturated heterocycles. The third kappa shape index (κ3) is 38.1. The Morgan fingerprint density at radius 3 is 1.53 bits per heavy atom. The van der Waals surface area contributed by atoms with Crippen molar-refractivity contribution in [3.63, 3.8) is 0 Å². The fourth-order valence-electron chi connectivity index (χ4n) is 6.16. The van der Waals surface area contributed by atoms with Gasteiger partial charge in [0.2, 0.25) is 0 Å². The van der Waals surface area contributed by atoms with Gasteiger partial charge in [-0.05, 0) is 64.2 Å². The topological polar surface area (TPSA) is 99.1 Å². The number of unbranched alkanes of at least 4 members (excludes halogenated alkanes) is 14. The second kappa shape index (κ2) is 39.6. The summed E-state index contributed by atoms with van der Waals surface area (Å²) in [7, 11) is 5.49. The first-order valence-electron chi connectivity index (χ1n) is 22.5. The molecule has 0 aliphatic heterocycles. The molecule has 2 unspecified atom stereocenters. The minimum Gasteiger partial charge on any atom is -0.477 e. The van der Waals surface area contributed by atoms with Crippen LogP contribution < -0.4 is 0 Å². The highest BCUT2D eigenvalue weighted by Crippen LogP contribution is 2.13. The van der Waals surface area contributed by atoms with Gasteiger partial charge < -0.3 is 23.8 Å². The fraction of sp³-hybridized carbons (Fsp3) is 0.694. The van der Waals surface area contributed by atoms with E-state index >= 15 is 0 Å². The predicted octanol–water partition coefficient (Wildman–Crippen LogP) is 12.4. The molecule has 0 fully saturated rings. The van der Waals surface area contributed by atoms with E-state index in [1.165, 1.54) is 83.5 Å². The second-order valence-electron chi connectivity index (χ2n) is 15.9. The number of carboxylic acids is 1. The highest BCUT2D eigenvalue weighted by atomic mass is 16.6. The third-order valence-electron chi connectivity index (χ3n) is 9.62. The molecule has 326 valence electrons. The summed E-state index contributed by atoms with van der Waals surface area (Å²) in [5.74, 6) is -1.64. The number of carbonyl (C=O) groups is 3. The maximum absolute atomic E-state index is 12.7. The van der Waals surface area contributed by atoms with E-state index in [0.29, 0.717) is 19.3 Å². The standard InChI is InChI=1S/C49H83NO7/c1-6-8-10-12-14-16-18-20-22-23-24-26-27-29-31-33-35-37-39-47(51)56-44-45(43-55-42-41-46(49(53)54)50(3,4)5)57-48(52)40-38-36-34-32-30-28-25-21-19-17-15-13-11-9-7-2/h9,11,15,17,21-23,25,30,32,36,38,45-46H,6-8,10,12-14,16,18-20,24,26-29,31,33-35,37,39-44H2,1-5H3/p+1/b11-9-,17-15-,23-22-,25-21-,32-30-,38-36-. The van der Waals surface area contributed by atoms with Gasteiger partial charge in [-0.25, -0.2) is 4.79 Å². The highest BCUT2D eigenvalue weighted by molar-refractivity contribution is 5.72. The zero-order chi connectivity index (χ0) is 42.1. The minimum absolute atomic E-state index is 0.0170. The number of aliphatic carboxylic acids is 1. The Labute approximate surface area is 349 Å². The summed E-state index contributed by atoms with van der Waals surface area (Å²) in [6, 6.07) is -0.634. The maximum atomic E-state index is 12.7. The molecule has 0 rings (SSSR count). The van der Waals surface area contributed by atoms with Crippen molar-refractivity contribution in [1.82, 2.24) is 0 Å². The number of hydrogen-bond donors (Lipinski definition) is 1. The van der Waals surface area contributed by atoms with E-state index in [1.54, 1.807) is 6.08 Å². The Morgan fingerprint density at radius 1 is 0.561 bits per heavy atom. The molecule has 0 aromatic rings. The van der Waals surface area contributed by atoms with Gasteiger partial charge >= 0.3 is 17.9 Å². The SMILES string of the molecule is CC/C=C\C/C=C\C/C=C\C/C=C\C/C=C\CC(=O)OC(COCCC(C(=O)O)[N+](C)(C)C)COC(=O)CCCCCCCCC/C=C\CCCCCCCCC. The average Bonchev–Trinajstić information content (AvgIpc) is 3.17. The molecule has 0 aliphatic rings. The molecule has 0 heterocycles. The Hall–Kier alpha value is -3.23. The van der Waals surface area contributed by atoms with Crippen LogP contribution in [0, 0.1) is 0 Å². The van der Waals surface area contributed by atoms with Gasteiger partial charge in [0.15, 0.2) is 12.1 Å². The number of likely N-dealkylation sites (N-methyl/N-ethyl adjacent to an activating group) is 1. The third-order valence-corrected chi connectivity index (χ3v) is 9.62. The van der Waals surface area contributed by atoms with Gasteiger partial charge in [-0.2, -0.15) is 0 Å². The molecule has 8 nitrogen and oxygen atoms in total. The van der Waals surface area contributed by atoms with Gasteiger partial charge in [0.25, 0.3) is 0 Å². The van der Waals surface area contributed by atoms with Crippen LogP contribution in [0.1, 0.15) is 168 Å². The first-order chi connectivity index (χ1) is 27.6. The summed E-state index contributed by atoms with van der Waals surface area (Å²) in [6.07, 6.45) is 49.8. The van der Waals surface area contributed by atoms with Crippen LogP contribution in [0.2, 0.25) is 0 Å². The quantitative estimate of drug-likeness (QED) is 0.0286. The molecular formula is C49H84NO7+. The minimum atomic E-state index is -0.892. The molecule has 57 heavy (non-hydrogen) atoms. The number of nitrogens with zero attached hydrogens (tertiary/aromatic N) is 1. The van der Waals surface area contributed by atoms with Crippen molar-refractivity contribution in [2.45, 2.75) is 180 Å². The van der Waals surface area contributed by atoms with Crippen LogP contribution in [-0.2, 0) is 28.6 Å². The monoisotopic (exact) mass is 799 g/mol.